The monoisotopic (exact) mass is 486 g/mol. The van der Waals surface area contributed by atoms with E-state index in [1.54, 1.807) is 24.1 Å². The third-order valence-corrected chi connectivity index (χ3v) is 8.30. The van der Waals surface area contributed by atoms with Crippen LogP contribution in [0.1, 0.15) is 30.0 Å². The fraction of sp³-hybridized carbons (Fsp3) is 0.458. The standard InChI is InChI=1S/C24H30N4O5S/c1-26(21(17-6-3-2-4-7-17)15-27-13-11-18(29)14-27)23(30)16-33-22-10-9-20-24-19(22)8-5-12-28(24)34(31,32)25-20/h2-4,6-7,9-10,18,21,25,29H,5,8,11-16H2,1H3. The molecule has 2 aromatic rings. The summed E-state index contributed by atoms with van der Waals surface area (Å²) in [4.78, 5) is 17.1. The van der Waals surface area contributed by atoms with Crippen LogP contribution in [0.4, 0.5) is 11.4 Å². The Hall–Kier alpha value is -2.82. The lowest BCUT2D eigenvalue weighted by atomic mass is 10.0. The Morgan fingerprint density at radius 3 is 2.76 bits per heavy atom. The van der Waals surface area contributed by atoms with Crippen LogP contribution in [0.2, 0.25) is 0 Å². The fourth-order valence-electron chi connectivity index (χ4n) is 5.07. The molecule has 1 saturated heterocycles. The number of amides is 1. The number of ether oxygens (including phenoxy) is 1. The highest BCUT2D eigenvalue weighted by Gasteiger charge is 2.38. The van der Waals surface area contributed by atoms with Gasteiger partial charge in [0.15, 0.2) is 6.61 Å². The first-order valence-corrected chi connectivity index (χ1v) is 13.1. The van der Waals surface area contributed by atoms with E-state index in [0.29, 0.717) is 49.6 Å². The minimum Gasteiger partial charge on any atom is -0.483 e. The van der Waals surface area contributed by atoms with Crippen LogP contribution in [0.3, 0.4) is 0 Å². The van der Waals surface area contributed by atoms with Gasteiger partial charge in [-0.3, -0.25) is 18.7 Å². The smallest absolute Gasteiger partial charge is 0.324 e. The molecule has 5 rings (SSSR count). The summed E-state index contributed by atoms with van der Waals surface area (Å²) in [6.07, 6.45) is 1.81. The lowest BCUT2D eigenvalue weighted by molar-refractivity contribution is -0.134. The van der Waals surface area contributed by atoms with Crippen molar-refractivity contribution in [1.82, 2.24) is 9.80 Å². The fourth-order valence-corrected chi connectivity index (χ4v) is 6.44. The van der Waals surface area contributed by atoms with Crippen molar-refractivity contribution in [2.75, 3.05) is 48.9 Å². The van der Waals surface area contributed by atoms with Crippen molar-refractivity contribution in [2.45, 2.75) is 31.4 Å². The van der Waals surface area contributed by atoms with Crippen molar-refractivity contribution in [2.24, 2.45) is 0 Å². The predicted molar refractivity (Wildman–Crippen MR) is 129 cm³/mol. The number of nitrogens with zero attached hydrogens (tertiary/aromatic N) is 3. The maximum Gasteiger partial charge on any atom is 0.324 e. The molecular weight excluding hydrogens is 456 g/mol. The number of carbonyl (C=O) groups excluding carboxylic acids is 1. The van der Waals surface area contributed by atoms with Gasteiger partial charge in [0.2, 0.25) is 0 Å². The largest absolute Gasteiger partial charge is 0.483 e. The molecule has 10 heteroatoms. The molecule has 3 aliphatic heterocycles. The lowest BCUT2D eigenvalue weighted by Crippen LogP contribution is -2.41. The van der Waals surface area contributed by atoms with E-state index in [4.69, 9.17) is 4.74 Å². The first-order valence-electron chi connectivity index (χ1n) is 11.6. The van der Waals surface area contributed by atoms with Gasteiger partial charge >= 0.3 is 10.2 Å². The summed E-state index contributed by atoms with van der Waals surface area (Å²) in [5, 5.41) is 9.93. The molecule has 0 aromatic heterocycles. The number of aliphatic hydroxyl groups is 1. The van der Waals surface area contributed by atoms with Crippen molar-refractivity contribution in [3.63, 3.8) is 0 Å². The number of likely N-dealkylation sites (N-methyl/N-ethyl adjacent to an activating group) is 1. The highest BCUT2D eigenvalue weighted by atomic mass is 32.2. The number of hydrogen-bond donors (Lipinski definition) is 2. The number of carbonyl (C=O) groups is 1. The van der Waals surface area contributed by atoms with Gasteiger partial charge in [0.1, 0.15) is 5.75 Å². The molecule has 182 valence electrons. The van der Waals surface area contributed by atoms with E-state index >= 15 is 0 Å². The van der Waals surface area contributed by atoms with E-state index in [1.807, 2.05) is 30.3 Å². The molecule has 0 saturated carbocycles. The van der Waals surface area contributed by atoms with E-state index in [-0.39, 0.29) is 24.7 Å². The summed E-state index contributed by atoms with van der Waals surface area (Å²) >= 11 is 0. The van der Waals surface area contributed by atoms with Crippen LogP contribution in [-0.4, -0.2) is 75.2 Å². The molecule has 0 bridgehead atoms. The predicted octanol–water partition coefficient (Wildman–Crippen LogP) is 1.75. The Kier molecular flexibility index (Phi) is 6.13. The lowest BCUT2D eigenvalue weighted by Gasteiger charge is -2.32. The van der Waals surface area contributed by atoms with Gasteiger partial charge in [-0.1, -0.05) is 30.3 Å². The second-order valence-electron chi connectivity index (χ2n) is 9.14. The summed E-state index contributed by atoms with van der Waals surface area (Å²) in [6.45, 7) is 2.33. The second-order valence-corrected chi connectivity index (χ2v) is 10.7. The van der Waals surface area contributed by atoms with Gasteiger partial charge in [-0.15, -0.1) is 0 Å². The summed E-state index contributed by atoms with van der Waals surface area (Å²) in [5.41, 5.74) is 3.04. The molecule has 1 amide bonds. The molecule has 2 unspecified atom stereocenters. The molecule has 3 aliphatic rings. The zero-order chi connectivity index (χ0) is 23.9. The minimum atomic E-state index is -3.56. The van der Waals surface area contributed by atoms with E-state index < -0.39 is 10.2 Å². The van der Waals surface area contributed by atoms with Gasteiger partial charge in [-0.25, -0.2) is 0 Å². The van der Waals surface area contributed by atoms with Gasteiger partial charge in [0.05, 0.1) is 23.5 Å². The number of anilines is 2. The third-order valence-electron chi connectivity index (χ3n) is 6.88. The first-order chi connectivity index (χ1) is 16.3. The SMILES string of the molecule is CN(C(=O)COc1ccc2c3c1CCCN3S(=O)(=O)N2)C(CN1CCC(O)C1)c1ccccc1. The topological polar surface area (TPSA) is 102 Å². The van der Waals surface area contributed by atoms with Crippen molar-refractivity contribution in [3.05, 3.63) is 53.6 Å². The second kappa shape index (κ2) is 9.09. The van der Waals surface area contributed by atoms with Gasteiger partial charge in [-0.2, -0.15) is 8.42 Å². The highest BCUT2D eigenvalue weighted by molar-refractivity contribution is 7.94. The molecule has 2 N–H and O–H groups in total. The van der Waals surface area contributed by atoms with Crippen molar-refractivity contribution in [1.29, 1.82) is 0 Å². The zero-order valence-corrected chi connectivity index (χ0v) is 20.0. The zero-order valence-electron chi connectivity index (χ0n) is 19.2. The number of hydrogen-bond acceptors (Lipinski definition) is 6. The quantitative estimate of drug-likeness (QED) is 0.618. The number of benzene rings is 2. The average molecular weight is 487 g/mol. The molecule has 1 fully saturated rings. The van der Waals surface area contributed by atoms with Crippen LogP contribution < -0.4 is 13.8 Å². The summed E-state index contributed by atoms with van der Waals surface area (Å²) in [5.74, 6) is 0.378. The Morgan fingerprint density at radius 1 is 1.24 bits per heavy atom. The maximum absolute atomic E-state index is 13.2. The van der Waals surface area contributed by atoms with Crippen LogP contribution >= 0.6 is 0 Å². The normalized spacial score (nSPS) is 21.6. The summed E-state index contributed by atoms with van der Waals surface area (Å²) in [7, 11) is -1.78. The van der Waals surface area contributed by atoms with Crippen LogP contribution in [0, 0.1) is 0 Å². The molecule has 0 radical (unpaired) electrons. The van der Waals surface area contributed by atoms with Crippen LogP contribution in [-0.2, 0) is 21.4 Å². The van der Waals surface area contributed by atoms with Crippen LogP contribution in [0.25, 0.3) is 0 Å². The van der Waals surface area contributed by atoms with Gasteiger partial charge in [-0.05, 0) is 37.0 Å². The van der Waals surface area contributed by atoms with Gasteiger partial charge in [0, 0.05) is 38.8 Å². The molecule has 2 atom stereocenters. The third kappa shape index (κ3) is 4.33. The number of nitrogens with one attached hydrogen (secondary N) is 1. The van der Waals surface area contributed by atoms with Crippen molar-refractivity contribution >= 4 is 27.5 Å². The maximum atomic E-state index is 13.2. The van der Waals surface area contributed by atoms with E-state index in [2.05, 4.69) is 9.62 Å². The molecule has 34 heavy (non-hydrogen) atoms. The molecule has 0 spiro atoms. The number of β-amino-alcohol motifs (C(OH)–C–C–N with tert-alkyl or cyclic N) is 1. The molecule has 2 aromatic carbocycles. The highest BCUT2D eigenvalue weighted by Crippen LogP contribution is 2.45. The van der Waals surface area contributed by atoms with E-state index in [9.17, 15) is 18.3 Å². The summed E-state index contributed by atoms with van der Waals surface area (Å²) in [6, 6.07) is 13.1. The van der Waals surface area contributed by atoms with Gasteiger partial charge in [0.25, 0.3) is 5.91 Å². The molecular formula is C24H30N4O5S. The Labute approximate surface area is 200 Å². The van der Waals surface area contributed by atoms with Crippen molar-refractivity contribution < 1.29 is 23.1 Å². The average Bonchev–Trinajstić information content (AvgIpc) is 3.37. The number of likely N-dealkylation sites (tertiary alicyclic amines) is 1. The number of aliphatic hydroxyl groups excluding tert-OH is 1. The Bertz CT molecular complexity index is 1170. The minimum absolute atomic E-state index is 0.144. The van der Waals surface area contributed by atoms with E-state index in [1.165, 1.54) is 4.31 Å². The van der Waals surface area contributed by atoms with Gasteiger partial charge < -0.3 is 14.7 Å². The summed E-state index contributed by atoms with van der Waals surface area (Å²) < 4.78 is 34.7. The van der Waals surface area contributed by atoms with Crippen LogP contribution in [0.5, 0.6) is 5.75 Å². The molecule has 3 heterocycles. The Balaban J connectivity index is 1.31. The molecule has 9 nitrogen and oxygen atoms in total. The van der Waals surface area contributed by atoms with Crippen LogP contribution in [0.15, 0.2) is 42.5 Å². The first kappa shape index (κ1) is 22.9. The molecule has 0 aliphatic carbocycles. The van der Waals surface area contributed by atoms with E-state index in [0.717, 1.165) is 24.1 Å². The Morgan fingerprint density at radius 2 is 2.03 bits per heavy atom. The number of rotatable bonds is 7. The van der Waals surface area contributed by atoms with Crippen molar-refractivity contribution in [3.8, 4) is 5.75 Å².